The van der Waals surface area contributed by atoms with Crippen LogP contribution in [0.4, 0.5) is 10.3 Å². The van der Waals surface area contributed by atoms with Crippen LogP contribution in [0.25, 0.3) is 11.0 Å². The number of carbonyl (C=O) groups is 1. The Morgan fingerprint density at radius 2 is 1.72 bits per heavy atom. The van der Waals surface area contributed by atoms with Gasteiger partial charge in [0, 0.05) is 44.7 Å². The number of aromatic nitrogens is 2. The largest absolute Gasteiger partial charge is 0.467 e. The van der Waals surface area contributed by atoms with Gasteiger partial charge in [0.1, 0.15) is 11.6 Å². The molecule has 0 N–H and O–H groups in total. The van der Waals surface area contributed by atoms with Gasteiger partial charge in [-0.15, -0.1) is 0 Å². The molecule has 0 radical (unpaired) electrons. The summed E-state index contributed by atoms with van der Waals surface area (Å²) in [4.78, 5) is 24.8. The molecule has 0 bridgehead atoms. The predicted molar refractivity (Wildman–Crippen MR) is 168 cm³/mol. The molecular weight excluding hydrogens is 541 g/mol. The van der Waals surface area contributed by atoms with Crippen LogP contribution in [0.1, 0.15) is 40.4 Å². The van der Waals surface area contributed by atoms with Crippen molar-refractivity contribution < 1.29 is 13.6 Å². The highest BCUT2D eigenvalue weighted by atomic mass is 19.1. The first kappa shape index (κ1) is 28.7. The number of fused-ring (bicyclic) bond motifs is 1. The molecule has 1 aliphatic heterocycles. The van der Waals surface area contributed by atoms with Crippen LogP contribution in [0, 0.1) is 5.82 Å². The number of halogens is 1. The zero-order chi connectivity index (χ0) is 29.6. The summed E-state index contributed by atoms with van der Waals surface area (Å²) in [5.74, 6) is 1.72. The van der Waals surface area contributed by atoms with Crippen LogP contribution in [-0.4, -0.2) is 71.6 Å². The van der Waals surface area contributed by atoms with E-state index in [0.717, 1.165) is 73.9 Å². The number of carbonyl (C=O) groups excluding carboxylic acids is 1. The Labute approximate surface area is 252 Å². The first-order valence-electron chi connectivity index (χ1n) is 15.1. The Morgan fingerprint density at radius 3 is 2.51 bits per heavy atom. The summed E-state index contributed by atoms with van der Waals surface area (Å²) >= 11 is 0. The highest BCUT2D eigenvalue weighted by molar-refractivity contribution is 5.94. The van der Waals surface area contributed by atoms with Crippen LogP contribution in [0.3, 0.4) is 0 Å². The van der Waals surface area contributed by atoms with Gasteiger partial charge in [-0.25, -0.2) is 9.37 Å². The SMILES string of the molecule is CN(CC(CCN1CCCN(c2nc3ccccc3n2Cc2ccco2)CC1)c1ccc(F)cc1)C(=O)c1ccccc1. The molecule has 1 amide bonds. The molecule has 1 aliphatic rings. The van der Waals surface area contributed by atoms with Crippen molar-refractivity contribution in [1.29, 1.82) is 0 Å². The molecule has 3 aromatic carbocycles. The first-order chi connectivity index (χ1) is 21.0. The molecular formula is C35H38FN5O2. The molecule has 43 heavy (non-hydrogen) atoms. The van der Waals surface area contributed by atoms with Gasteiger partial charge >= 0.3 is 0 Å². The second-order valence-corrected chi connectivity index (χ2v) is 11.3. The standard InChI is InChI=1S/C35H38FN5O2/c1-38(34(42)28-9-3-2-4-10-28)25-29(27-14-16-30(36)17-15-27)18-21-39-19-8-20-40(23-22-39)35-37-32-12-5-6-13-33(32)41(35)26-31-11-7-24-43-31/h2-7,9-17,24,29H,8,18-23,25-26H2,1H3. The van der Waals surface area contributed by atoms with Gasteiger partial charge in [-0.05, 0) is 80.0 Å². The summed E-state index contributed by atoms with van der Waals surface area (Å²) in [7, 11) is 1.85. The minimum atomic E-state index is -0.248. The Bertz CT molecular complexity index is 1620. The third kappa shape index (κ3) is 6.81. The second kappa shape index (κ2) is 13.3. The summed E-state index contributed by atoms with van der Waals surface area (Å²) in [5, 5.41) is 0. The van der Waals surface area contributed by atoms with E-state index in [1.807, 2.05) is 67.7 Å². The van der Waals surface area contributed by atoms with Crippen molar-refractivity contribution in [1.82, 2.24) is 19.4 Å². The number of rotatable bonds is 10. The van der Waals surface area contributed by atoms with Crippen LogP contribution in [0.2, 0.25) is 0 Å². The molecule has 1 saturated heterocycles. The Hall–Kier alpha value is -4.43. The van der Waals surface area contributed by atoms with E-state index < -0.39 is 0 Å². The molecule has 0 spiro atoms. The zero-order valence-corrected chi connectivity index (χ0v) is 24.6. The number of hydrogen-bond acceptors (Lipinski definition) is 5. The molecule has 6 rings (SSSR count). The number of para-hydroxylation sites is 2. The van der Waals surface area contributed by atoms with Crippen molar-refractivity contribution in [3.8, 4) is 0 Å². The number of furan rings is 1. The predicted octanol–water partition coefficient (Wildman–Crippen LogP) is 6.27. The number of benzene rings is 3. The van der Waals surface area contributed by atoms with E-state index in [1.165, 1.54) is 12.1 Å². The normalized spacial score (nSPS) is 15.0. The fraction of sp³-hybridized carbons (Fsp3) is 0.314. The second-order valence-electron chi connectivity index (χ2n) is 11.3. The maximum Gasteiger partial charge on any atom is 0.253 e. The van der Waals surface area contributed by atoms with Gasteiger partial charge in [0.25, 0.3) is 5.91 Å². The Morgan fingerprint density at radius 1 is 0.930 bits per heavy atom. The van der Waals surface area contributed by atoms with Crippen LogP contribution in [0.15, 0.2) is 102 Å². The van der Waals surface area contributed by atoms with Crippen molar-refractivity contribution in [2.75, 3.05) is 51.2 Å². The van der Waals surface area contributed by atoms with Gasteiger partial charge in [-0.2, -0.15) is 0 Å². The van der Waals surface area contributed by atoms with Crippen LogP contribution >= 0.6 is 0 Å². The number of nitrogens with zero attached hydrogens (tertiary/aromatic N) is 5. The fourth-order valence-electron chi connectivity index (χ4n) is 6.06. The minimum Gasteiger partial charge on any atom is -0.467 e. The molecule has 3 heterocycles. The van der Waals surface area contributed by atoms with Gasteiger partial charge in [-0.3, -0.25) is 4.79 Å². The molecule has 0 aliphatic carbocycles. The molecule has 0 saturated carbocycles. The summed E-state index contributed by atoms with van der Waals surface area (Å²) in [6.45, 7) is 5.80. The van der Waals surface area contributed by atoms with E-state index in [1.54, 1.807) is 11.2 Å². The maximum absolute atomic E-state index is 13.8. The molecule has 7 nitrogen and oxygen atoms in total. The smallest absolute Gasteiger partial charge is 0.253 e. The summed E-state index contributed by atoms with van der Waals surface area (Å²) in [6, 6.07) is 28.3. The summed E-state index contributed by atoms with van der Waals surface area (Å²) < 4.78 is 21.7. The van der Waals surface area contributed by atoms with Crippen molar-refractivity contribution in [3.63, 3.8) is 0 Å². The fourth-order valence-corrected chi connectivity index (χ4v) is 6.06. The van der Waals surface area contributed by atoms with Gasteiger partial charge < -0.3 is 23.7 Å². The average Bonchev–Trinajstić information content (AvgIpc) is 3.62. The third-order valence-electron chi connectivity index (χ3n) is 8.40. The number of amides is 1. The van der Waals surface area contributed by atoms with Crippen molar-refractivity contribution in [3.05, 3.63) is 120 Å². The molecule has 1 atom stereocenters. The van der Waals surface area contributed by atoms with Gasteiger partial charge in [-0.1, -0.05) is 42.5 Å². The lowest BCUT2D eigenvalue weighted by Crippen LogP contribution is -2.35. The lowest BCUT2D eigenvalue weighted by atomic mass is 9.94. The Kier molecular flexibility index (Phi) is 8.84. The van der Waals surface area contributed by atoms with Crippen molar-refractivity contribution in [2.24, 2.45) is 0 Å². The monoisotopic (exact) mass is 579 g/mol. The van der Waals surface area contributed by atoms with Crippen molar-refractivity contribution in [2.45, 2.75) is 25.3 Å². The van der Waals surface area contributed by atoms with Crippen LogP contribution in [-0.2, 0) is 6.54 Å². The average molecular weight is 580 g/mol. The number of anilines is 1. The summed E-state index contributed by atoms with van der Waals surface area (Å²) in [6.07, 6.45) is 3.61. The third-order valence-corrected chi connectivity index (χ3v) is 8.40. The molecule has 5 aromatic rings. The lowest BCUT2D eigenvalue weighted by Gasteiger charge is -2.28. The molecule has 8 heteroatoms. The van der Waals surface area contributed by atoms with Crippen LogP contribution < -0.4 is 4.90 Å². The lowest BCUT2D eigenvalue weighted by molar-refractivity contribution is 0.0782. The highest BCUT2D eigenvalue weighted by Crippen LogP contribution is 2.26. The van der Waals surface area contributed by atoms with E-state index in [-0.39, 0.29) is 17.6 Å². The highest BCUT2D eigenvalue weighted by Gasteiger charge is 2.24. The van der Waals surface area contributed by atoms with Gasteiger partial charge in [0.2, 0.25) is 5.95 Å². The number of likely N-dealkylation sites (N-methyl/N-ethyl adjacent to an activating group) is 1. The van der Waals surface area contributed by atoms with Crippen molar-refractivity contribution >= 4 is 22.9 Å². The van der Waals surface area contributed by atoms with E-state index in [4.69, 9.17) is 9.40 Å². The van der Waals surface area contributed by atoms with E-state index in [2.05, 4.69) is 32.6 Å². The minimum absolute atomic E-state index is 0.00411. The van der Waals surface area contributed by atoms with Gasteiger partial charge in [0.15, 0.2) is 0 Å². The first-order valence-corrected chi connectivity index (χ1v) is 15.1. The molecule has 222 valence electrons. The molecule has 1 fully saturated rings. The zero-order valence-electron chi connectivity index (χ0n) is 24.6. The number of hydrogen-bond donors (Lipinski definition) is 0. The molecule has 1 unspecified atom stereocenters. The van der Waals surface area contributed by atoms with E-state index >= 15 is 0 Å². The summed E-state index contributed by atoms with van der Waals surface area (Å²) in [5.41, 5.74) is 3.82. The maximum atomic E-state index is 13.8. The van der Waals surface area contributed by atoms with E-state index in [0.29, 0.717) is 18.7 Å². The number of imidazole rings is 1. The topological polar surface area (TPSA) is 57.8 Å². The van der Waals surface area contributed by atoms with E-state index in [9.17, 15) is 9.18 Å². The van der Waals surface area contributed by atoms with Crippen LogP contribution in [0.5, 0.6) is 0 Å². The van der Waals surface area contributed by atoms with Gasteiger partial charge in [0.05, 0.1) is 23.8 Å². The Balaban J connectivity index is 1.14. The quantitative estimate of drug-likeness (QED) is 0.195. The molecule has 2 aromatic heterocycles.